The molecule has 2 saturated carbocycles. The first-order chi connectivity index (χ1) is 8.98. The van der Waals surface area contributed by atoms with Crippen molar-refractivity contribution < 1.29 is 19.5 Å². The number of aliphatic hydroxyl groups is 1. The van der Waals surface area contributed by atoms with Gasteiger partial charge in [0.05, 0.1) is 13.2 Å². The van der Waals surface area contributed by atoms with E-state index in [9.17, 15) is 15.2 Å². The second-order valence-electron chi connectivity index (χ2n) is 6.27. The van der Waals surface area contributed by atoms with Crippen molar-refractivity contribution in [2.24, 2.45) is 11.8 Å². The highest BCUT2D eigenvalue weighted by molar-refractivity contribution is 5.07. The highest BCUT2D eigenvalue weighted by Gasteiger charge is 2.65. The van der Waals surface area contributed by atoms with Crippen LogP contribution in [0, 0.1) is 22.0 Å². The molecule has 3 aliphatic rings. The molecule has 0 aromatic carbocycles. The molecule has 6 nitrogen and oxygen atoms in total. The van der Waals surface area contributed by atoms with Crippen LogP contribution in [-0.4, -0.2) is 40.7 Å². The van der Waals surface area contributed by atoms with Gasteiger partial charge in [0.1, 0.15) is 5.60 Å². The predicted molar refractivity (Wildman–Crippen MR) is 66.1 cm³/mol. The zero-order valence-corrected chi connectivity index (χ0v) is 11.2. The van der Waals surface area contributed by atoms with E-state index < -0.39 is 17.4 Å². The minimum Gasteiger partial charge on any atom is -0.382 e. The number of ether oxygens (including phenoxy) is 2. The summed E-state index contributed by atoms with van der Waals surface area (Å²) in [5.74, 6) is -0.619. The molecule has 108 valence electrons. The maximum atomic E-state index is 11.3. The summed E-state index contributed by atoms with van der Waals surface area (Å²) >= 11 is 0. The molecular formula is C13H21NO5. The third-order valence-electron chi connectivity index (χ3n) is 5.18. The molecule has 1 aliphatic heterocycles. The molecular weight excluding hydrogens is 250 g/mol. The second kappa shape index (κ2) is 4.40. The van der Waals surface area contributed by atoms with E-state index in [4.69, 9.17) is 9.47 Å². The van der Waals surface area contributed by atoms with E-state index in [1.165, 1.54) is 0 Å². The van der Waals surface area contributed by atoms with Crippen molar-refractivity contribution in [1.29, 1.82) is 0 Å². The monoisotopic (exact) mass is 271 g/mol. The number of nitrogens with zero attached hydrogens (tertiary/aromatic N) is 1. The lowest BCUT2D eigenvalue weighted by Crippen LogP contribution is -2.66. The number of hydrogen-bond acceptors (Lipinski definition) is 5. The summed E-state index contributed by atoms with van der Waals surface area (Å²) in [5.41, 5.74) is -1.28. The van der Waals surface area contributed by atoms with Crippen molar-refractivity contribution in [3.8, 4) is 0 Å². The molecule has 1 spiro atoms. The van der Waals surface area contributed by atoms with E-state index in [1.54, 1.807) is 0 Å². The van der Waals surface area contributed by atoms with Crippen molar-refractivity contribution in [2.45, 2.75) is 56.5 Å². The number of nitro groups is 1. The minimum absolute atomic E-state index is 0.282. The van der Waals surface area contributed by atoms with E-state index in [-0.39, 0.29) is 10.8 Å². The molecule has 6 heteroatoms. The molecule has 4 atom stereocenters. The van der Waals surface area contributed by atoms with Crippen LogP contribution in [0.3, 0.4) is 0 Å². The Hall–Kier alpha value is -0.720. The fourth-order valence-electron chi connectivity index (χ4n) is 4.20. The Morgan fingerprint density at radius 3 is 2.58 bits per heavy atom. The molecule has 1 saturated heterocycles. The largest absolute Gasteiger partial charge is 0.382 e. The standard InChI is InChI=1S/C13H21NO5/c1-9-2-4-12(15)10(8-9)13(18-6-7-19-13)5-3-11(12)14(16)17/h9-11,15H,2-8H2,1H3. The first kappa shape index (κ1) is 13.3. The molecule has 3 rings (SSSR count). The molecule has 0 bridgehead atoms. The number of rotatable bonds is 1. The lowest BCUT2D eigenvalue weighted by atomic mass is 9.60. The van der Waals surface area contributed by atoms with E-state index in [2.05, 4.69) is 6.92 Å². The predicted octanol–water partition coefficient (Wildman–Crippen LogP) is 1.34. The highest BCUT2D eigenvalue weighted by atomic mass is 16.7. The van der Waals surface area contributed by atoms with Crippen LogP contribution >= 0.6 is 0 Å². The quantitative estimate of drug-likeness (QED) is 0.575. The maximum absolute atomic E-state index is 11.3. The van der Waals surface area contributed by atoms with E-state index >= 15 is 0 Å². The van der Waals surface area contributed by atoms with Gasteiger partial charge in [0.2, 0.25) is 6.04 Å². The summed E-state index contributed by atoms with van der Waals surface area (Å²) in [6.07, 6.45) is 2.87. The molecule has 2 aliphatic carbocycles. The molecule has 0 aromatic heterocycles. The molecule has 19 heavy (non-hydrogen) atoms. The van der Waals surface area contributed by atoms with Crippen molar-refractivity contribution in [1.82, 2.24) is 0 Å². The average molecular weight is 271 g/mol. The van der Waals surface area contributed by atoms with Gasteiger partial charge in [-0.25, -0.2) is 0 Å². The molecule has 0 aromatic rings. The summed E-state index contributed by atoms with van der Waals surface area (Å²) in [6.45, 7) is 3.16. The van der Waals surface area contributed by atoms with Gasteiger partial charge in [0.15, 0.2) is 5.79 Å². The fraction of sp³-hybridized carbons (Fsp3) is 1.00. The van der Waals surface area contributed by atoms with E-state index in [1.807, 2.05) is 0 Å². The fourth-order valence-corrected chi connectivity index (χ4v) is 4.20. The number of hydrogen-bond donors (Lipinski definition) is 1. The van der Waals surface area contributed by atoms with Gasteiger partial charge in [0, 0.05) is 23.7 Å². The zero-order valence-electron chi connectivity index (χ0n) is 11.2. The Kier molecular flexibility index (Phi) is 3.07. The topological polar surface area (TPSA) is 81.8 Å². The summed E-state index contributed by atoms with van der Waals surface area (Å²) < 4.78 is 11.6. The third-order valence-corrected chi connectivity index (χ3v) is 5.18. The Bertz CT molecular complexity index is 381. The van der Waals surface area contributed by atoms with Gasteiger partial charge in [-0.05, 0) is 25.2 Å². The molecule has 1 N–H and O–H groups in total. The average Bonchev–Trinajstić information content (AvgIpc) is 2.81. The van der Waals surface area contributed by atoms with Crippen LogP contribution < -0.4 is 0 Å². The molecule has 3 fully saturated rings. The van der Waals surface area contributed by atoms with Gasteiger partial charge in [-0.3, -0.25) is 10.1 Å². The van der Waals surface area contributed by atoms with Crippen LogP contribution in [0.5, 0.6) is 0 Å². The van der Waals surface area contributed by atoms with Crippen molar-refractivity contribution in [3.05, 3.63) is 10.1 Å². The molecule has 0 radical (unpaired) electrons. The van der Waals surface area contributed by atoms with Crippen LogP contribution in [0.25, 0.3) is 0 Å². The third kappa shape index (κ3) is 1.88. The van der Waals surface area contributed by atoms with Gasteiger partial charge in [-0.15, -0.1) is 0 Å². The normalized spacial score (nSPS) is 45.1. The van der Waals surface area contributed by atoms with Crippen LogP contribution in [0.2, 0.25) is 0 Å². The number of fused-ring (bicyclic) bond motifs is 2. The van der Waals surface area contributed by atoms with E-state index in [0.717, 1.165) is 12.8 Å². The van der Waals surface area contributed by atoms with Crippen LogP contribution in [0.15, 0.2) is 0 Å². The summed E-state index contributed by atoms with van der Waals surface area (Å²) in [5, 5.41) is 22.2. The molecule has 1 heterocycles. The Labute approximate surface area is 112 Å². The minimum atomic E-state index is -1.28. The SMILES string of the molecule is CC1CCC2(O)C([N+](=O)[O-])CCC3(OCCO3)C2C1. The summed E-state index contributed by atoms with van der Waals surface area (Å²) in [7, 11) is 0. The van der Waals surface area contributed by atoms with Crippen molar-refractivity contribution >= 4 is 0 Å². The zero-order chi connectivity index (χ0) is 13.7. The Morgan fingerprint density at radius 2 is 1.95 bits per heavy atom. The molecule has 4 unspecified atom stereocenters. The summed E-state index contributed by atoms with van der Waals surface area (Å²) in [6, 6.07) is -0.886. The second-order valence-corrected chi connectivity index (χ2v) is 6.27. The van der Waals surface area contributed by atoms with Crippen molar-refractivity contribution in [3.63, 3.8) is 0 Å². The first-order valence-electron chi connectivity index (χ1n) is 7.12. The summed E-state index contributed by atoms with van der Waals surface area (Å²) in [4.78, 5) is 10.9. The van der Waals surface area contributed by atoms with Crippen LogP contribution in [0.4, 0.5) is 0 Å². The van der Waals surface area contributed by atoms with Crippen LogP contribution in [0.1, 0.15) is 39.0 Å². The maximum Gasteiger partial charge on any atom is 0.242 e. The van der Waals surface area contributed by atoms with Gasteiger partial charge >= 0.3 is 0 Å². The Morgan fingerprint density at radius 1 is 1.26 bits per heavy atom. The highest BCUT2D eigenvalue weighted by Crippen LogP contribution is 2.53. The van der Waals surface area contributed by atoms with Gasteiger partial charge in [-0.2, -0.15) is 0 Å². The van der Waals surface area contributed by atoms with Crippen LogP contribution in [-0.2, 0) is 9.47 Å². The Balaban J connectivity index is 1.96. The molecule has 0 amide bonds. The van der Waals surface area contributed by atoms with E-state index in [0.29, 0.717) is 38.4 Å². The first-order valence-corrected chi connectivity index (χ1v) is 7.12. The van der Waals surface area contributed by atoms with Gasteiger partial charge in [-0.1, -0.05) is 6.92 Å². The lowest BCUT2D eigenvalue weighted by molar-refractivity contribution is -0.562. The lowest BCUT2D eigenvalue weighted by Gasteiger charge is -2.53. The van der Waals surface area contributed by atoms with Gasteiger partial charge in [0.25, 0.3) is 0 Å². The van der Waals surface area contributed by atoms with Crippen molar-refractivity contribution in [2.75, 3.05) is 13.2 Å². The smallest absolute Gasteiger partial charge is 0.242 e. The van der Waals surface area contributed by atoms with Gasteiger partial charge < -0.3 is 14.6 Å².